The highest BCUT2D eigenvalue weighted by Crippen LogP contribution is 2.26. The van der Waals surface area contributed by atoms with Crippen molar-refractivity contribution < 1.29 is 14.7 Å². The van der Waals surface area contributed by atoms with Crippen molar-refractivity contribution >= 4 is 11.8 Å². The Labute approximate surface area is 127 Å². The third-order valence-electron chi connectivity index (χ3n) is 4.22. The summed E-state index contributed by atoms with van der Waals surface area (Å²) in [6.07, 6.45) is 7.36. The molecular weight excluding hydrogens is 268 g/mol. The van der Waals surface area contributed by atoms with Gasteiger partial charge in [-0.1, -0.05) is 26.2 Å². The Morgan fingerprint density at radius 3 is 2.52 bits per heavy atom. The van der Waals surface area contributed by atoms with Gasteiger partial charge in [-0.3, -0.25) is 9.59 Å². The van der Waals surface area contributed by atoms with Gasteiger partial charge >= 0.3 is 0 Å². The van der Waals surface area contributed by atoms with Gasteiger partial charge in [0.1, 0.15) is 6.04 Å². The quantitative estimate of drug-likeness (QED) is 0.638. The van der Waals surface area contributed by atoms with E-state index in [4.69, 9.17) is 0 Å². The Hall–Kier alpha value is -1.10. The van der Waals surface area contributed by atoms with Gasteiger partial charge in [0.05, 0.1) is 6.10 Å². The molecule has 2 unspecified atom stereocenters. The number of amides is 2. The van der Waals surface area contributed by atoms with E-state index in [9.17, 15) is 14.7 Å². The molecule has 0 aliphatic heterocycles. The zero-order valence-electron chi connectivity index (χ0n) is 13.4. The van der Waals surface area contributed by atoms with Gasteiger partial charge in [0.2, 0.25) is 11.8 Å². The number of aliphatic hydroxyl groups excluding tert-OH is 1. The molecule has 0 aromatic rings. The summed E-state index contributed by atoms with van der Waals surface area (Å²) in [4.78, 5) is 23.8. The predicted octanol–water partition coefficient (Wildman–Crippen LogP) is 1.74. The molecule has 1 fully saturated rings. The molecule has 0 spiro atoms. The zero-order chi connectivity index (χ0) is 15.7. The predicted molar refractivity (Wildman–Crippen MR) is 82.7 cm³/mol. The van der Waals surface area contributed by atoms with Gasteiger partial charge in [-0.05, 0) is 38.5 Å². The van der Waals surface area contributed by atoms with Crippen LogP contribution >= 0.6 is 0 Å². The lowest BCUT2D eigenvalue weighted by Gasteiger charge is -2.22. The molecule has 0 bridgehead atoms. The van der Waals surface area contributed by atoms with Crippen LogP contribution < -0.4 is 10.6 Å². The fourth-order valence-corrected chi connectivity index (χ4v) is 2.74. The molecule has 0 radical (unpaired) electrons. The van der Waals surface area contributed by atoms with Gasteiger partial charge in [0, 0.05) is 13.0 Å². The van der Waals surface area contributed by atoms with E-state index in [1.807, 2.05) is 6.92 Å². The number of nitrogens with one attached hydrogen (secondary N) is 2. The molecule has 5 heteroatoms. The van der Waals surface area contributed by atoms with E-state index < -0.39 is 6.04 Å². The smallest absolute Gasteiger partial charge is 0.242 e. The van der Waals surface area contributed by atoms with Gasteiger partial charge in [0.25, 0.3) is 0 Å². The second kappa shape index (κ2) is 9.77. The average Bonchev–Trinajstić information content (AvgIpc) is 2.47. The Balaban J connectivity index is 2.19. The second-order valence-corrected chi connectivity index (χ2v) is 6.14. The van der Waals surface area contributed by atoms with Gasteiger partial charge in [-0.25, -0.2) is 0 Å². The summed E-state index contributed by atoms with van der Waals surface area (Å²) in [6.45, 7) is 4.04. The standard InChI is InChI=1S/C16H30N2O3/c1-3-14(19)9-10-17-16(21)12(2)18-15(20)11-13-7-5-4-6-8-13/h12-14,19H,3-11H2,1-2H3,(H,17,21)(H,18,20). The van der Waals surface area contributed by atoms with Crippen LogP contribution in [0, 0.1) is 5.92 Å². The summed E-state index contributed by atoms with van der Waals surface area (Å²) in [5.41, 5.74) is 0. The number of aliphatic hydroxyl groups is 1. The fourth-order valence-electron chi connectivity index (χ4n) is 2.74. The van der Waals surface area contributed by atoms with Crippen molar-refractivity contribution in [3.63, 3.8) is 0 Å². The average molecular weight is 298 g/mol. The molecule has 122 valence electrons. The van der Waals surface area contributed by atoms with E-state index in [0.717, 1.165) is 12.8 Å². The third-order valence-corrected chi connectivity index (χ3v) is 4.22. The summed E-state index contributed by atoms with van der Waals surface area (Å²) in [5, 5.41) is 14.9. The summed E-state index contributed by atoms with van der Waals surface area (Å²) in [5.74, 6) is 0.266. The zero-order valence-corrected chi connectivity index (χ0v) is 13.4. The molecule has 2 atom stereocenters. The number of hydrogen-bond donors (Lipinski definition) is 3. The molecule has 21 heavy (non-hydrogen) atoms. The molecule has 1 aliphatic rings. The highest BCUT2D eigenvalue weighted by atomic mass is 16.3. The monoisotopic (exact) mass is 298 g/mol. The second-order valence-electron chi connectivity index (χ2n) is 6.14. The normalized spacial score (nSPS) is 18.8. The lowest BCUT2D eigenvalue weighted by atomic mass is 9.87. The van der Waals surface area contributed by atoms with Crippen molar-refractivity contribution in [3.05, 3.63) is 0 Å². The van der Waals surface area contributed by atoms with Crippen LogP contribution in [0.15, 0.2) is 0 Å². The molecule has 1 aliphatic carbocycles. The number of carbonyl (C=O) groups is 2. The van der Waals surface area contributed by atoms with Crippen molar-refractivity contribution in [3.8, 4) is 0 Å². The van der Waals surface area contributed by atoms with E-state index in [2.05, 4.69) is 10.6 Å². The maximum Gasteiger partial charge on any atom is 0.242 e. The molecule has 1 saturated carbocycles. The van der Waals surface area contributed by atoms with Gasteiger partial charge in [-0.15, -0.1) is 0 Å². The van der Waals surface area contributed by atoms with Crippen molar-refractivity contribution in [1.29, 1.82) is 0 Å². The van der Waals surface area contributed by atoms with E-state index in [1.54, 1.807) is 6.92 Å². The van der Waals surface area contributed by atoms with Crippen LogP contribution in [0.4, 0.5) is 0 Å². The number of rotatable bonds is 8. The molecule has 2 amide bonds. The number of hydrogen-bond acceptors (Lipinski definition) is 3. The Kier molecular flexibility index (Phi) is 8.35. The van der Waals surface area contributed by atoms with Crippen LogP contribution in [0.25, 0.3) is 0 Å². The van der Waals surface area contributed by atoms with Crippen LogP contribution in [0.3, 0.4) is 0 Å². The van der Waals surface area contributed by atoms with Crippen LogP contribution in [-0.4, -0.2) is 35.6 Å². The molecule has 0 saturated heterocycles. The largest absolute Gasteiger partial charge is 0.393 e. The summed E-state index contributed by atoms with van der Waals surface area (Å²) < 4.78 is 0. The fraction of sp³-hybridized carbons (Fsp3) is 0.875. The Morgan fingerprint density at radius 2 is 1.90 bits per heavy atom. The maximum absolute atomic E-state index is 11.9. The highest BCUT2D eigenvalue weighted by Gasteiger charge is 2.20. The van der Waals surface area contributed by atoms with Gasteiger partial charge in [0.15, 0.2) is 0 Å². The topological polar surface area (TPSA) is 78.4 Å². The molecule has 5 nitrogen and oxygen atoms in total. The molecule has 0 aromatic carbocycles. The first-order chi connectivity index (χ1) is 10.0. The Morgan fingerprint density at radius 1 is 1.24 bits per heavy atom. The number of carbonyl (C=O) groups excluding carboxylic acids is 2. The van der Waals surface area contributed by atoms with Crippen molar-refractivity contribution in [2.75, 3.05) is 6.54 Å². The first-order valence-corrected chi connectivity index (χ1v) is 8.28. The Bertz CT molecular complexity index is 327. The molecule has 1 rings (SSSR count). The van der Waals surface area contributed by atoms with Crippen molar-refractivity contribution in [1.82, 2.24) is 10.6 Å². The first-order valence-electron chi connectivity index (χ1n) is 8.28. The third kappa shape index (κ3) is 7.46. The van der Waals surface area contributed by atoms with Gasteiger partial charge in [-0.2, -0.15) is 0 Å². The minimum Gasteiger partial charge on any atom is -0.393 e. The van der Waals surface area contributed by atoms with Gasteiger partial charge < -0.3 is 15.7 Å². The highest BCUT2D eigenvalue weighted by molar-refractivity contribution is 5.87. The maximum atomic E-state index is 11.9. The van der Waals surface area contributed by atoms with Crippen molar-refractivity contribution in [2.45, 2.75) is 77.4 Å². The molecule has 0 aromatic heterocycles. The molecular formula is C16H30N2O3. The van der Waals surface area contributed by atoms with E-state index in [1.165, 1.54) is 19.3 Å². The lowest BCUT2D eigenvalue weighted by molar-refractivity contribution is -0.129. The van der Waals surface area contributed by atoms with Crippen molar-refractivity contribution in [2.24, 2.45) is 5.92 Å². The molecule has 3 N–H and O–H groups in total. The summed E-state index contributed by atoms with van der Waals surface area (Å²) in [7, 11) is 0. The summed E-state index contributed by atoms with van der Waals surface area (Å²) in [6, 6.07) is -0.514. The lowest BCUT2D eigenvalue weighted by Crippen LogP contribution is -2.45. The summed E-state index contributed by atoms with van der Waals surface area (Å²) >= 11 is 0. The minimum atomic E-state index is -0.514. The SMILES string of the molecule is CCC(O)CCNC(=O)C(C)NC(=O)CC1CCCCC1. The van der Waals surface area contributed by atoms with Crippen LogP contribution in [0.2, 0.25) is 0 Å². The molecule has 0 heterocycles. The van der Waals surface area contributed by atoms with E-state index in [-0.39, 0.29) is 17.9 Å². The first kappa shape index (κ1) is 18.0. The minimum absolute atomic E-state index is 0.0295. The van der Waals surface area contributed by atoms with Crippen LogP contribution in [0.1, 0.15) is 65.2 Å². The van der Waals surface area contributed by atoms with E-state index >= 15 is 0 Å². The van der Waals surface area contributed by atoms with Crippen LogP contribution in [-0.2, 0) is 9.59 Å². The van der Waals surface area contributed by atoms with E-state index in [0.29, 0.717) is 31.7 Å². The van der Waals surface area contributed by atoms with Crippen LogP contribution in [0.5, 0.6) is 0 Å².